The fourth-order valence-electron chi connectivity index (χ4n) is 1.76. The van der Waals surface area contributed by atoms with Gasteiger partial charge in [0.1, 0.15) is 16.0 Å². The Kier molecular flexibility index (Phi) is 7.12. The molecule has 0 saturated carbocycles. The Morgan fingerprint density at radius 1 is 1.44 bits per heavy atom. The Balaban J connectivity index is 2.26. The van der Waals surface area contributed by atoms with Crippen LogP contribution in [-0.4, -0.2) is 48.4 Å². The number of sulfonamides is 1. The van der Waals surface area contributed by atoms with E-state index >= 15 is 0 Å². The summed E-state index contributed by atoms with van der Waals surface area (Å²) in [5, 5.41) is 9.05. The van der Waals surface area contributed by atoms with E-state index in [9.17, 15) is 13.2 Å². The highest BCUT2D eigenvalue weighted by Gasteiger charge is 2.23. The average molecular weight is 453 g/mol. The van der Waals surface area contributed by atoms with Crippen LogP contribution in [0.3, 0.4) is 0 Å². The quantitative estimate of drug-likeness (QED) is 0.512. The van der Waals surface area contributed by atoms with Gasteiger partial charge in [-0.05, 0) is 12.1 Å². The second kappa shape index (κ2) is 8.93. The second-order valence-electron chi connectivity index (χ2n) is 4.98. The van der Waals surface area contributed by atoms with Gasteiger partial charge in [0.15, 0.2) is 0 Å². The molecular formula is C14H14Cl2N4O5S2. The van der Waals surface area contributed by atoms with Crippen LogP contribution in [0.5, 0.6) is 5.88 Å². The van der Waals surface area contributed by atoms with Crippen molar-refractivity contribution in [3.63, 3.8) is 0 Å². The van der Waals surface area contributed by atoms with Crippen LogP contribution in [0.25, 0.3) is 0 Å². The van der Waals surface area contributed by atoms with E-state index in [0.717, 1.165) is 11.8 Å². The lowest BCUT2D eigenvalue weighted by atomic mass is 10.4. The van der Waals surface area contributed by atoms with Gasteiger partial charge in [-0.15, -0.1) is 11.8 Å². The Morgan fingerprint density at radius 3 is 2.78 bits per heavy atom. The summed E-state index contributed by atoms with van der Waals surface area (Å²) in [5.74, 6) is -1.37. The van der Waals surface area contributed by atoms with Crippen molar-refractivity contribution in [3.05, 3.63) is 34.4 Å². The molecule has 4 N–H and O–H groups in total. The summed E-state index contributed by atoms with van der Waals surface area (Å²) in [6, 6.07) is 3.10. The average Bonchev–Trinajstić information content (AvgIpc) is 2.62. The van der Waals surface area contributed by atoms with Crippen molar-refractivity contribution in [2.45, 2.75) is 16.0 Å². The number of carboxylic acid groups (broad SMARTS) is 1. The third kappa shape index (κ3) is 5.36. The van der Waals surface area contributed by atoms with Crippen LogP contribution in [0, 0.1) is 0 Å². The Bertz CT molecular complexity index is 959. The molecule has 1 aromatic heterocycles. The monoisotopic (exact) mass is 452 g/mol. The molecule has 1 atom stereocenters. The maximum absolute atomic E-state index is 12.6. The molecule has 1 heterocycles. The number of carbonyl (C=O) groups is 1. The number of hydrogen-bond acceptors (Lipinski definition) is 8. The fourth-order valence-corrected chi connectivity index (χ4v) is 4.30. The lowest BCUT2D eigenvalue weighted by Gasteiger charge is -2.12. The Labute approximate surface area is 169 Å². The number of benzene rings is 1. The highest BCUT2D eigenvalue weighted by Crippen LogP contribution is 2.31. The fraction of sp³-hybridized carbons (Fsp3) is 0.214. The number of thioether (sulfide) groups is 1. The van der Waals surface area contributed by atoms with Crippen LogP contribution in [0.2, 0.25) is 10.0 Å². The van der Waals surface area contributed by atoms with E-state index in [1.54, 1.807) is 0 Å². The summed E-state index contributed by atoms with van der Waals surface area (Å²) in [6.07, 6.45) is 1.26. The summed E-state index contributed by atoms with van der Waals surface area (Å²) in [6.45, 7) is 0. The number of nitrogens with two attached hydrogens (primary N) is 1. The number of ether oxygens (including phenoxy) is 1. The first-order valence-corrected chi connectivity index (χ1v) is 10.4. The predicted molar refractivity (Wildman–Crippen MR) is 102 cm³/mol. The van der Waals surface area contributed by atoms with E-state index in [2.05, 4.69) is 14.7 Å². The van der Waals surface area contributed by atoms with Crippen LogP contribution in [0.1, 0.15) is 0 Å². The van der Waals surface area contributed by atoms with Crippen molar-refractivity contribution in [1.29, 1.82) is 0 Å². The molecule has 0 aliphatic rings. The van der Waals surface area contributed by atoms with E-state index in [-0.39, 0.29) is 32.4 Å². The van der Waals surface area contributed by atoms with Crippen molar-refractivity contribution in [2.75, 3.05) is 17.6 Å². The second-order valence-corrected chi connectivity index (χ2v) is 8.46. The number of anilines is 1. The third-order valence-corrected chi connectivity index (χ3v) is 6.41. The number of nitrogens with zero attached hydrogens (tertiary/aromatic N) is 2. The zero-order valence-electron chi connectivity index (χ0n) is 13.7. The number of rotatable bonds is 8. The van der Waals surface area contributed by atoms with E-state index < -0.39 is 22.0 Å². The number of aliphatic carboxylic acids is 1. The molecule has 0 unspecified atom stereocenters. The molecule has 146 valence electrons. The van der Waals surface area contributed by atoms with E-state index in [4.69, 9.17) is 38.8 Å². The van der Waals surface area contributed by atoms with Crippen LogP contribution in [0.15, 0.2) is 34.3 Å². The van der Waals surface area contributed by atoms with Gasteiger partial charge >= 0.3 is 5.97 Å². The van der Waals surface area contributed by atoms with Gasteiger partial charge in [0.2, 0.25) is 5.82 Å². The Hall–Kier alpha value is -1.79. The number of hydrogen-bond donors (Lipinski definition) is 3. The summed E-state index contributed by atoms with van der Waals surface area (Å²) in [5.41, 5.74) is 5.42. The van der Waals surface area contributed by atoms with E-state index in [1.807, 2.05) is 0 Å². The highest BCUT2D eigenvalue weighted by atomic mass is 35.5. The predicted octanol–water partition coefficient (Wildman–Crippen LogP) is 2.10. The van der Waals surface area contributed by atoms with Crippen molar-refractivity contribution in [3.8, 4) is 5.88 Å². The number of nitrogens with one attached hydrogen (secondary N) is 1. The molecule has 0 saturated heterocycles. The highest BCUT2D eigenvalue weighted by molar-refractivity contribution is 7.99. The minimum absolute atomic E-state index is 0.0519. The van der Waals surface area contributed by atoms with Gasteiger partial charge in [-0.2, -0.15) is 0 Å². The first-order chi connectivity index (χ1) is 12.7. The van der Waals surface area contributed by atoms with Crippen molar-refractivity contribution in [2.24, 2.45) is 5.73 Å². The van der Waals surface area contributed by atoms with Crippen LogP contribution < -0.4 is 15.2 Å². The van der Waals surface area contributed by atoms with Gasteiger partial charge in [-0.3, -0.25) is 9.52 Å². The SMILES string of the molecule is COc1nc(SC[C@H](N)C(=O)O)cnc1NS(=O)(=O)c1cccc(Cl)c1Cl. The maximum Gasteiger partial charge on any atom is 0.321 e. The Morgan fingerprint density at radius 2 is 2.15 bits per heavy atom. The van der Waals surface area contributed by atoms with Gasteiger partial charge in [0.05, 0.1) is 23.4 Å². The van der Waals surface area contributed by atoms with Gasteiger partial charge in [0.25, 0.3) is 15.9 Å². The molecule has 9 nitrogen and oxygen atoms in total. The molecule has 0 amide bonds. The number of aromatic nitrogens is 2. The zero-order valence-corrected chi connectivity index (χ0v) is 16.9. The number of carboxylic acids is 1. The van der Waals surface area contributed by atoms with Gasteiger partial charge in [0, 0.05) is 5.75 Å². The summed E-state index contributed by atoms with van der Waals surface area (Å²) >= 11 is 12.8. The first-order valence-electron chi connectivity index (χ1n) is 7.14. The van der Waals surface area contributed by atoms with Gasteiger partial charge in [-0.25, -0.2) is 18.4 Å². The molecule has 0 aliphatic heterocycles. The minimum atomic E-state index is -4.10. The standard InChI is InChI=1S/C14H14Cl2N4O5S2/c1-25-13-12(18-5-10(19-13)26-6-8(17)14(21)22)20-27(23,24)9-4-2-3-7(15)11(9)16/h2-5,8H,6,17H2,1H3,(H,18,20)(H,21,22)/t8-/m0/s1. The lowest BCUT2D eigenvalue weighted by molar-refractivity contribution is -0.137. The van der Waals surface area contributed by atoms with Gasteiger partial charge in [-0.1, -0.05) is 29.3 Å². The molecule has 0 spiro atoms. The van der Waals surface area contributed by atoms with E-state index in [0.29, 0.717) is 5.03 Å². The molecule has 27 heavy (non-hydrogen) atoms. The summed E-state index contributed by atoms with van der Waals surface area (Å²) in [4.78, 5) is 18.6. The lowest BCUT2D eigenvalue weighted by Crippen LogP contribution is -2.32. The van der Waals surface area contributed by atoms with Crippen molar-refractivity contribution < 1.29 is 23.1 Å². The molecule has 0 bridgehead atoms. The summed E-state index contributed by atoms with van der Waals surface area (Å²) < 4.78 is 32.4. The molecule has 0 aliphatic carbocycles. The van der Waals surface area contributed by atoms with Crippen molar-refractivity contribution in [1.82, 2.24) is 9.97 Å². The first kappa shape index (κ1) is 21.5. The van der Waals surface area contributed by atoms with E-state index in [1.165, 1.54) is 31.5 Å². The zero-order chi connectivity index (χ0) is 20.2. The number of methoxy groups -OCH3 is 1. The minimum Gasteiger partial charge on any atom is -0.480 e. The maximum atomic E-state index is 12.6. The van der Waals surface area contributed by atoms with Crippen LogP contribution in [-0.2, 0) is 14.8 Å². The molecule has 0 radical (unpaired) electrons. The van der Waals surface area contributed by atoms with Crippen LogP contribution >= 0.6 is 35.0 Å². The van der Waals surface area contributed by atoms with Gasteiger partial charge < -0.3 is 15.6 Å². The smallest absolute Gasteiger partial charge is 0.321 e. The van der Waals surface area contributed by atoms with Crippen molar-refractivity contribution >= 4 is 56.8 Å². The third-order valence-electron chi connectivity index (χ3n) is 3.08. The number of halogens is 2. The molecular weight excluding hydrogens is 439 g/mol. The molecule has 2 aromatic rings. The summed E-state index contributed by atoms with van der Waals surface area (Å²) in [7, 11) is -2.82. The van der Waals surface area contributed by atoms with Crippen LogP contribution in [0.4, 0.5) is 5.82 Å². The topological polar surface area (TPSA) is 144 Å². The molecule has 2 rings (SSSR count). The largest absolute Gasteiger partial charge is 0.480 e. The molecule has 13 heteroatoms. The molecule has 1 aromatic carbocycles. The molecule has 0 fully saturated rings. The normalized spacial score (nSPS) is 12.4.